The van der Waals surface area contributed by atoms with Gasteiger partial charge in [-0.1, -0.05) is 12.1 Å². The molecule has 2 aromatic heterocycles. The maximum Gasteiger partial charge on any atom is 0.435 e. The Kier molecular flexibility index (Phi) is 7.62. The fourth-order valence-electron chi connectivity index (χ4n) is 4.80. The Balaban J connectivity index is 1.20. The molecule has 1 unspecified atom stereocenters. The molecule has 7 nitrogen and oxygen atoms in total. The van der Waals surface area contributed by atoms with Crippen LogP contribution >= 0.6 is 11.3 Å². The molecular formula is C25H26F6N6OS. The van der Waals surface area contributed by atoms with E-state index < -0.39 is 23.7 Å². The van der Waals surface area contributed by atoms with E-state index in [0.29, 0.717) is 39.0 Å². The third-order valence-electron chi connectivity index (χ3n) is 6.88. The van der Waals surface area contributed by atoms with Gasteiger partial charge >= 0.3 is 12.4 Å². The van der Waals surface area contributed by atoms with Gasteiger partial charge in [0, 0.05) is 61.5 Å². The molecule has 1 atom stereocenters. The Morgan fingerprint density at radius 3 is 2.46 bits per heavy atom. The van der Waals surface area contributed by atoms with E-state index >= 15 is 0 Å². The molecule has 5 rings (SSSR count). The van der Waals surface area contributed by atoms with Crippen LogP contribution in [0.4, 0.5) is 26.3 Å². The van der Waals surface area contributed by atoms with Gasteiger partial charge in [-0.05, 0) is 24.5 Å². The van der Waals surface area contributed by atoms with Crippen molar-refractivity contribution in [3.05, 3.63) is 69.1 Å². The molecule has 2 aliphatic heterocycles. The summed E-state index contributed by atoms with van der Waals surface area (Å²) >= 11 is 1.57. The Hall–Kier alpha value is -3.10. The molecule has 0 aliphatic carbocycles. The van der Waals surface area contributed by atoms with E-state index in [0.717, 1.165) is 33.8 Å². The first-order chi connectivity index (χ1) is 18.5. The summed E-state index contributed by atoms with van der Waals surface area (Å²) in [7, 11) is 1.65. The molecule has 39 heavy (non-hydrogen) atoms. The second-order valence-corrected chi connectivity index (χ2v) is 10.3. The van der Waals surface area contributed by atoms with Crippen molar-refractivity contribution in [3.63, 3.8) is 0 Å². The molecule has 2 aliphatic rings. The zero-order valence-electron chi connectivity index (χ0n) is 20.8. The minimum absolute atomic E-state index is 0.0177. The van der Waals surface area contributed by atoms with Gasteiger partial charge in [0.05, 0.1) is 17.8 Å². The van der Waals surface area contributed by atoms with Gasteiger partial charge in [-0.3, -0.25) is 10.6 Å². The van der Waals surface area contributed by atoms with Crippen LogP contribution in [0.3, 0.4) is 0 Å². The Bertz CT molecular complexity index is 1330. The number of hydrogen-bond donors (Lipinski definition) is 2. The molecule has 210 valence electrons. The van der Waals surface area contributed by atoms with Gasteiger partial charge in [0.1, 0.15) is 17.6 Å². The summed E-state index contributed by atoms with van der Waals surface area (Å²) in [4.78, 5) is 6.64. The van der Waals surface area contributed by atoms with Crippen molar-refractivity contribution in [2.45, 2.75) is 50.4 Å². The fourth-order valence-corrected chi connectivity index (χ4v) is 5.81. The number of piperidine rings is 1. The third-order valence-corrected chi connectivity index (χ3v) is 7.90. The van der Waals surface area contributed by atoms with E-state index in [1.54, 1.807) is 23.3 Å². The maximum absolute atomic E-state index is 13.2. The van der Waals surface area contributed by atoms with Crippen molar-refractivity contribution in [1.29, 1.82) is 0 Å². The van der Waals surface area contributed by atoms with Crippen molar-refractivity contribution in [2.24, 2.45) is 0 Å². The number of rotatable bonds is 5. The zero-order chi connectivity index (χ0) is 27.8. The largest absolute Gasteiger partial charge is 0.496 e. The smallest absolute Gasteiger partial charge is 0.435 e. The topological polar surface area (TPSA) is 67.2 Å². The first-order valence-corrected chi connectivity index (χ1v) is 13.1. The first kappa shape index (κ1) is 27.5. The first-order valence-electron chi connectivity index (χ1n) is 12.3. The van der Waals surface area contributed by atoms with E-state index in [1.807, 2.05) is 17.5 Å². The van der Waals surface area contributed by atoms with Crippen LogP contribution in [0.2, 0.25) is 0 Å². The summed E-state index contributed by atoms with van der Waals surface area (Å²) in [5.74, 6) is 1.02. The average Bonchev–Trinajstić information content (AvgIpc) is 3.51. The number of aromatic nitrogens is 3. The third kappa shape index (κ3) is 6.07. The molecule has 14 heteroatoms. The number of hydrogen-bond acceptors (Lipinski definition) is 7. The highest BCUT2D eigenvalue weighted by molar-refractivity contribution is 7.09. The quantitative estimate of drug-likeness (QED) is 0.389. The molecule has 0 spiro atoms. The molecule has 2 N–H and O–H groups in total. The molecule has 1 saturated heterocycles. The number of nitrogens with one attached hydrogen (secondary N) is 2. The van der Waals surface area contributed by atoms with Gasteiger partial charge in [0.15, 0.2) is 5.69 Å². The summed E-state index contributed by atoms with van der Waals surface area (Å²) in [5, 5.41) is 13.1. The zero-order valence-corrected chi connectivity index (χ0v) is 21.6. The molecule has 0 saturated carbocycles. The molecule has 0 radical (unpaired) electrons. The number of fused-ring (bicyclic) bond motifs is 1. The van der Waals surface area contributed by atoms with E-state index in [2.05, 4.69) is 21.8 Å². The predicted molar refractivity (Wildman–Crippen MR) is 133 cm³/mol. The lowest BCUT2D eigenvalue weighted by atomic mass is 9.98. The van der Waals surface area contributed by atoms with Crippen molar-refractivity contribution >= 4 is 17.5 Å². The number of likely N-dealkylation sites (tertiary alicyclic amines) is 1. The number of methoxy groups -OCH3 is 1. The number of alkyl halides is 6. The molecule has 4 heterocycles. The monoisotopic (exact) mass is 572 g/mol. The standard InChI is InChI=1S/C25H26F6N6OS/c1-38-19-4-2-3-16-12-32-22(33-13-17(16)19)18-14-39-23(34-18)15-5-7-36(8-6-15)9-10-37-21(25(29,30)31)11-20(35-37)24(26,27)28/h2-4,9-11,14-15,22,32-33H,5-8,12-13H2,1H3. The van der Waals surface area contributed by atoms with Crippen LogP contribution in [-0.4, -0.2) is 39.9 Å². The minimum atomic E-state index is -4.97. The lowest BCUT2D eigenvalue weighted by Crippen LogP contribution is -2.31. The minimum Gasteiger partial charge on any atom is -0.496 e. The van der Waals surface area contributed by atoms with Crippen LogP contribution < -0.4 is 15.4 Å². The average molecular weight is 573 g/mol. The number of ether oxygens (including phenoxy) is 1. The van der Waals surface area contributed by atoms with Crippen molar-refractivity contribution < 1.29 is 31.1 Å². The molecule has 0 amide bonds. The summed E-state index contributed by atoms with van der Waals surface area (Å²) in [5.41, 5.74) is 0.102. The van der Waals surface area contributed by atoms with Gasteiger partial charge in [-0.15, -0.1) is 11.3 Å². The lowest BCUT2D eigenvalue weighted by Gasteiger charge is -2.30. The van der Waals surface area contributed by atoms with E-state index in [1.165, 1.54) is 6.20 Å². The highest BCUT2D eigenvalue weighted by Gasteiger charge is 2.41. The summed E-state index contributed by atoms with van der Waals surface area (Å²) in [6, 6.07) is 5.98. The van der Waals surface area contributed by atoms with Crippen LogP contribution in [0, 0.1) is 0 Å². The Labute approximate surface area is 224 Å². The van der Waals surface area contributed by atoms with Gasteiger partial charge in [0.2, 0.25) is 0 Å². The van der Waals surface area contributed by atoms with E-state index in [4.69, 9.17) is 9.72 Å². The Morgan fingerprint density at radius 2 is 1.77 bits per heavy atom. The van der Waals surface area contributed by atoms with Crippen LogP contribution in [0.25, 0.3) is 6.20 Å². The van der Waals surface area contributed by atoms with Crippen LogP contribution in [0.15, 0.2) is 35.8 Å². The summed E-state index contributed by atoms with van der Waals surface area (Å²) in [6.07, 6.45) is -6.36. The molecule has 0 bridgehead atoms. The number of nitrogens with zero attached hydrogens (tertiary/aromatic N) is 4. The predicted octanol–water partition coefficient (Wildman–Crippen LogP) is 5.59. The normalized spacial score (nSPS) is 19.4. The van der Waals surface area contributed by atoms with Crippen molar-refractivity contribution in [3.8, 4) is 5.75 Å². The highest BCUT2D eigenvalue weighted by atomic mass is 32.1. The van der Waals surface area contributed by atoms with Crippen LogP contribution in [0.5, 0.6) is 5.75 Å². The maximum atomic E-state index is 13.2. The van der Waals surface area contributed by atoms with Gasteiger partial charge < -0.3 is 9.64 Å². The fraction of sp³-hybridized carbons (Fsp3) is 0.440. The summed E-state index contributed by atoms with van der Waals surface area (Å²) in [6.45, 7) is 2.35. The van der Waals surface area contributed by atoms with Crippen molar-refractivity contribution in [1.82, 2.24) is 30.3 Å². The SMILES string of the molecule is COc1cccc2c1CNC(c1csc(C3CCN(C=Cn4nc(C(F)(F)F)cc4C(F)(F)F)CC3)n1)NC2. The highest BCUT2D eigenvalue weighted by Crippen LogP contribution is 2.36. The van der Waals surface area contributed by atoms with Gasteiger partial charge in [0.25, 0.3) is 0 Å². The number of benzene rings is 1. The van der Waals surface area contributed by atoms with Gasteiger partial charge in [-0.2, -0.15) is 31.4 Å². The Morgan fingerprint density at radius 1 is 1.03 bits per heavy atom. The molecule has 3 aromatic rings. The van der Waals surface area contributed by atoms with Crippen molar-refractivity contribution in [2.75, 3.05) is 20.2 Å². The van der Waals surface area contributed by atoms with E-state index in [9.17, 15) is 26.3 Å². The number of halogens is 6. The van der Waals surface area contributed by atoms with E-state index in [-0.39, 0.29) is 22.8 Å². The second kappa shape index (κ2) is 10.8. The number of thiazole rings is 1. The lowest BCUT2D eigenvalue weighted by molar-refractivity contribution is -0.143. The summed E-state index contributed by atoms with van der Waals surface area (Å²) < 4.78 is 84.1. The molecule has 1 aromatic carbocycles. The van der Waals surface area contributed by atoms with Gasteiger partial charge in [-0.25, -0.2) is 9.67 Å². The molecule has 1 fully saturated rings. The van der Waals surface area contributed by atoms with Crippen LogP contribution in [-0.2, 0) is 25.4 Å². The van der Waals surface area contributed by atoms with Crippen LogP contribution in [0.1, 0.15) is 58.1 Å². The molecular weight excluding hydrogens is 546 g/mol. The second-order valence-electron chi connectivity index (χ2n) is 9.37.